The van der Waals surface area contributed by atoms with E-state index in [1.807, 2.05) is 6.92 Å². The van der Waals surface area contributed by atoms with Crippen LogP contribution in [-0.2, 0) is 10.0 Å². The number of nitrogens with one attached hydrogen (secondary N) is 2. The minimum absolute atomic E-state index is 0.403. The number of hydrogen-bond acceptors (Lipinski definition) is 6. The van der Waals surface area contributed by atoms with E-state index in [2.05, 4.69) is 25.3 Å². The molecule has 0 aliphatic rings. The highest BCUT2D eigenvalue weighted by atomic mass is 32.2. The predicted octanol–water partition coefficient (Wildman–Crippen LogP) is 0.172. The van der Waals surface area contributed by atoms with E-state index in [1.165, 1.54) is 0 Å². The molecule has 20 heavy (non-hydrogen) atoms. The highest BCUT2D eigenvalue weighted by Gasteiger charge is 2.22. The van der Waals surface area contributed by atoms with Crippen LogP contribution in [0.5, 0.6) is 0 Å². The molecule has 0 aliphatic carbocycles. The molecule has 0 unspecified atom stereocenters. The van der Waals surface area contributed by atoms with Crippen molar-refractivity contribution in [1.82, 2.24) is 24.5 Å². The number of aryl methyl sites for hydroxylation is 1. The molecule has 0 aliphatic heterocycles. The molecule has 0 spiro atoms. The van der Waals surface area contributed by atoms with Crippen LogP contribution in [0.4, 0.5) is 5.82 Å². The lowest BCUT2D eigenvalue weighted by Crippen LogP contribution is -2.47. The van der Waals surface area contributed by atoms with Crippen LogP contribution in [0, 0.1) is 6.92 Å². The summed E-state index contributed by atoms with van der Waals surface area (Å²) in [4.78, 5) is 0. The van der Waals surface area contributed by atoms with Gasteiger partial charge in [-0.2, -0.15) is 4.52 Å². The van der Waals surface area contributed by atoms with Crippen LogP contribution >= 0.6 is 0 Å². The van der Waals surface area contributed by atoms with Crippen molar-refractivity contribution in [2.45, 2.75) is 26.3 Å². The monoisotopic (exact) mass is 298 g/mol. The van der Waals surface area contributed by atoms with E-state index in [-0.39, 0.29) is 0 Å². The Hall–Kier alpha value is -1.74. The second-order valence-corrected chi connectivity index (χ2v) is 7.10. The van der Waals surface area contributed by atoms with Crippen molar-refractivity contribution < 1.29 is 8.42 Å². The van der Waals surface area contributed by atoms with Gasteiger partial charge in [0.1, 0.15) is 5.82 Å². The highest BCUT2D eigenvalue weighted by Crippen LogP contribution is 2.09. The van der Waals surface area contributed by atoms with E-state index in [0.29, 0.717) is 23.8 Å². The zero-order chi connectivity index (χ0) is 15.0. The fourth-order valence-electron chi connectivity index (χ4n) is 1.84. The standard InChI is InChI=1S/C11H18N6O2S/c1-8-13-14-10-6-5-9(15-17(8)10)12-7-11(2,3)16-20(4,18)19/h5-6,16H,7H2,1-4H3,(H,12,15). The van der Waals surface area contributed by atoms with Crippen LogP contribution in [0.3, 0.4) is 0 Å². The van der Waals surface area contributed by atoms with Gasteiger partial charge in [-0.1, -0.05) is 0 Å². The van der Waals surface area contributed by atoms with Gasteiger partial charge < -0.3 is 5.32 Å². The maximum absolute atomic E-state index is 11.3. The van der Waals surface area contributed by atoms with Crippen molar-refractivity contribution in [3.05, 3.63) is 18.0 Å². The first-order valence-electron chi connectivity index (χ1n) is 6.08. The van der Waals surface area contributed by atoms with Gasteiger partial charge in [0.05, 0.1) is 6.26 Å². The fraction of sp³-hybridized carbons (Fsp3) is 0.545. The summed E-state index contributed by atoms with van der Waals surface area (Å²) in [7, 11) is -3.25. The van der Waals surface area contributed by atoms with Gasteiger partial charge in [-0.3, -0.25) is 0 Å². The minimum Gasteiger partial charge on any atom is -0.367 e. The maximum atomic E-state index is 11.3. The Morgan fingerprint density at radius 3 is 2.65 bits per heavy atom. The molecule has 0 aromatic carbocycles. The normalized spacial score (nSPS) is 12.8. The highest BCUT2D eigenvalue weighted by molar-refractivity contribution is 7.88. The summed E-state index contributed by atoms with van der Waals surface area (Å²) in [6.45, 7) is 5.80. The second-order valence-electron chi connectivity index (χ2n) is 5.35. The summed E-state index contributed by atoms with van der Waals surface area (Å²) in [5.41, 5.74) is 0.0495. The quantitative estimate of drug-likeness (QED) is 0.816. The Labute approximate surface area is 117 Å². The van der Waals surface area contributed by atoms with Crippen LogP contribution in [0.15, 0.2) is 12.1 Å². The summed E-state index contributed by atoms with van der Waals surface area (Å²) in [5.74, 6) is 1.32. The summed E-state index contributed by atoms with van der Waals surface area (Å²) in [6.07, 6.45) is 1.14. The Bertz CT molecular complexity index is 722. The Kier molecular flexibility index (Phi) is 3.65. The number of sulfonamides is 1. The molecular weight excluding hydrogens is 280 g/mol. The molecule has 0 fully saturated rings. The molecular formula is C11H18N6O2S. The molecule has 2 heterocycles. The van der Waals surface area contributed by atoms with Crippen molar-refractivity contribution in [3.8, 4) is 0 Å². The third-order valence-electron chi connectivity index (χ3n) is 2.59. The first-order valence-corrected chi connectivity index (χ1v) is 7.97. The Balaban J connectivity index is 2.10. The van der Waals surface area contributed by atoms with Gasteiger partial charge in [-0.05, 0) is 32.9 Å². The molecule has 8 nitrogen and oxygen atoms in total. The van der Waals surface area contributed by atoms with E-state index < -0.39 is 15.6 Å². The lowest BCUT2D eigenvalue weighted by atomic mass is 10.1. The number of anilines is 1. The van der Waals surface area contributed by atoms with E-state index in [9.17, 15) is 8.42 Å². The van der Waals surface area contributed by atoms with Gasteiger partial charge in [0.25, 0.3) is 0 Å². The first-order chi connectivity index (χ1) is 9.16. The van der Waals surface area contributed by atoms with Gasteiger partial charge in [0.15, 0.2) is 11.5 Å². The zero-order valence-corrected chi connectivity index (χ0v) is 12.7. The summed E-state index contributed by atoms with van der Waals surface area (Å²) >= 11 is 0. The van der Waals surface area contributed by atoms with Crippen LogP contribution in [0.25, 0.3) is 5.65 Å². The van der Waals surface area contributed by atoms with Crippen LogP contribution in [-0.4, -0.2) is 46.6 Å². The molecule has 0 saturated carbocycles. The van der Waals surface area contributed by atoms with Gasteiger partial charge >= 0.3 is 0 Å². The topological polar surface area (TPSA) is 101 Å². The summed E-state index contributed by atoms with van der Waals surface area (Å²) < 4.78 is 26.7. The Morgan fingerprint density at radius 1 is 1.30 bits per heavy atom. The van der Waals surface area contributed by atoms with Crippen LogP contribution in [0.1, 0.15) is 19.7 Å². The maximum Gasteiger partial charge on any atom is 0.209 e. The molecule has 0 amide bonds. The number of fused-ring (bicyclic) bond motifs is 1. The number of rotatable bonds is 5. The number of aromatic nitrogens is 4. The van der Waals surface area contributed by atoms with Crippen LogP contribution in [0.2, 0.25) is 0 Å². The largest absolute Gasteiger partial charge is 0.367 e. The number of nitrogens with zero attached hydrogens (tertiary/aromatic N) is 4. The molecule has 9 heteroatoms. The van der Waals surface area contributed by atoms with E-state index in [1.54, 1.807) is 30.5 Å². The van der Waals surface area contributed by atoms with Crippen molar-refractivity contribution in [2.75, 3.05) is 18.1 Å². The van der Waals surface area contributed by atoms with Crippen molar-refractivity contribution >= 4 is 21.5 Å². The SMILES string of the molecule is Cc1nnc2ccc(NCC(C)(C)NS(C)(=O)=O)nn12. The van der Waals surface area contributed by atoms with E-state index in [4.69, 9.17) is 0 Å². The molecule has 0 bridgehead atoms. The van der Waals surface area contributed by atoms with Crippen molar-refractivity contribution in [2.24, 2.45) is 0 Å². The van der Waals surface area contributed by atoms with Crippen molar-refractivity contribution in [3.63, 3.8) is 0 Å². The lowest BCUT2D eigenvalue weighted by molar-refractivity contribution is 0.475. The predicted molar refractivity (Wildman–Crippen MR) is 76.1 cm³/mol. The van der Waals surface area contributed by atoms with Gasteiger partial charge in [0, 0.05) is 12.1 Å². The van der Waals surface area contributed by atoms with Gasteiger partial charge in [-0.15, -0.1) is 15.3 Å². The average molecular weight is 298 g/mol. The smallest absolute Gasteiger partial charge is 0.209 e. The average Bonchev–Trinajstić information content (AvgIpc) is 2.66. The third kappa shape index (κ3) is 3.64. The third-order valence-corrected chi connectivity index (χ3v) is 3.52. The van der Waals surface area contributed by atoms with Gasteiger partial charge in [-0.25, -0.2) is 13.1 Å². The number of hydrogen-bond donors (Lipinski definition) is 2. The van der Waals surface area contributed by atoms with Gasteiger partial charge in [0.2, 0.25) is 10.0 Å². The molecule has 2 N–H and O–H groups in total. The van der Waals surface area contributed by atoms with Crippen molar-refractivity contribution in [1.29, 1.82) is 0 Å². The van der Waals surface area contributed by atoms with Crippen LogP contribution < -0.4 is 10.0 Å². The molecule has 0 saturated heterocycles. The molecule has 0 radical (unpaired) electrons. The fourth-order valence-corrected chi connectivity index (χ4v) is 2.92. The van der Waals surface area contributed by atoms with E-state index >= 15 is 0 Å². The Morgan fingerprint density at radius 2 is 2.00 bits per heavy atom. The molecule has 2 aromatic heterocycles. The second kappa shape index (κ2) is 4.98. The van der Waals surface area contributed by atoms with E-state index in [0.717, 1.165) is 6.26 Å². The molecule has 2 aromatic rings. The zero-order valence-electron chi connectivity index (χ0n) is 11.9. The lowest BCUT2D eigenvalue weighted by Gasteiger charge is -2.25. The summed E-state index contributed by atoms with van der Waals surface area (Å²) in [5, 5.41) is 15.3. The molecule has 0 atom stereocenters. The molecule has 2 rings (SSSR count). The summed E-state index contributed by atoms with van der Waals surface area (Å²) in [6, 6.07) is 3.58. The minimum atomic E-state index is -3.25. The first kappa shape index (κ1) is 14.7. The molecule has 110 valence electrons.